The molecule has 1 aliphatic rings. The van der Waals surface area contributed by atoms with Crippen LogP contribution >= 0.6 is 0 Å². The fraction of sp³-hybridized carbons (Fsp3) is 0.500. The van der Waals surface area contributed by atoms with E-state index in [0.29, 0.717) is 12.5 Å². The zero-order valence-corrected chi connectivity index (χ0v) is 12.8. The van der Waals surface area contributed by atoms with E-state index in [1.165, 1.54) is 12.0 Å². The number of nitrogens with zero attached hydrogens (tertiary/aromatic N) is 1. The fourth-order valence-corrected chi connectivity index (χ4v) is 2.84. The number of nitrogens with one attached hydrogen (secondary N) is 1. The van der Waals surface area contributed by atoms with Gasteiger partial charge in [-0.25, -0.2) is 0 Å². The Morgan fingerprint density at radius 2 is 2.19 bits per heavy atom. The first-order chi connectivity index (χ1) is 10.3. The minimum absolute atomic E-state index is 0.157. The van der Waals surface area contributed by atoms with Gasteiger partial charge in [0.1, 0.15) is 0 Å². The summed E-state index contributed by atoms with van der Waals surface area (Å²) < 4.78 is 0. The van der Waals surface area contributed by atoms with Gasteiger partial charge in [-0.15, -0.1) is 6.58 Å². The number of hydrogen-bond acceptors (Lipinski definition) is 2. The minimum Gasteiger partial charge on any atom is -0.352 e. The van der Waals surface area contributed by atoms with Crippen LogP contribution in [0.25, 0.3) is 0 Å². The first kappa shape index (κ1) is 15.8. The highest BCUT2D eigenvalue weighted by molar-refractivity contribution is 5.76. The Morgan fingerprint density at radius 1 is 1.38 bits per heavy atom. The Balaban J connectivity index is 1.73. The van der Waals surface area contributed by atoms with Crippen molar-refractivity contribution in [3.05, 3.63) is 48.6 Å². The summed E-state index contributed by atoms with van der Waals surface area (Å²) in [7, 11) is 0. The summed E-state index contributed by atoms with van der Waals surface area (Å²) in [6.45, 7) is 6.85. The van der Waals surface area contributed by atoms with Crippen LogP contribution in [-0.2, 0) is 11.2 Å². The average Bonchev–Trinajstić information content (AvgIpc) is 2.52. The van der Waals surface area contributed by atoms with Gasteiger partial charge in [0.05, 0.1) is 0 Å². The molecule has 1 aliphatic heterocycles. The number of rotatable bonds is 7. The lowest BCUT2D eigenvalue weighted by molar-refractivity contribution is -0.122. The molecule has 0 spiro atoms. The van der Waals surface area contributed by atoms with Gasteiger partial charge in [-0.05, 0) is 37.8 Å². The number of piperidine rings is 1. The molecule has 0 aliphatic carbocycles. The topological polar surface area (TPSA) is 32.3 Å². The molecule has 0 aromatic heterocycles. The van der Waals surface area contributed by atoms with Crippen molar-refractivity contribution < 1.29 is 4.79 Å². The van der Waals surface area contributed by atoms with Crippen molar-refractivity contribution in [2.75, 3.05) is 19.6 Å². The molecule has 3 nitrogen and oxygen atoms in total. The van der Waals surface area contributed by atoms with Crippen LogP contribution in [0, 0.1) is 0 Å². The molecule has 114 valence electrons. The third-order valence-corrected chi connectivity index (χ3v) is 4.01. The molecule has 1 amide bonds. The van der Waals surface area contributed by atoms with E-state index in [0.717, 1.165) is 38.9 Å². The molecule has 1 fully saturated rings. The zero-order valence-electron chi connectivity index (χ0n) is 12.8. The molecule has 0 radical (unpaired) electrons. The van der Waals surface area contributed by atoms with Crippen LogP contribution in [0.15, 0.2) is 43.0 Å². The number of amides is 1. The van der Waals surface area contributed by atoms with Gasteiger partial charge >= 0.3 is 0 Å². The van der Waals surface area contributed by atoms with Crippen molar-refractivity contribution in [3.8, 4) is 0 Å². The summed E-state index contributed by atoms with van der Waals surface area (Å²) in [6, 6.07) is 10.9. The number of allylic oxidation sites excluding steroid dienone is 1. The quantitative estimate of drug-likeness (QED) is 0.782. The average molecular weight is 286 g/mol. The minimum atomic E-state index is 0.157. The maximum absolute atomic E-state index is 11.8. The molecule has 1 aromatic rings. The second-order valence-corrected chi connectivity index (χ2v) is 5.77. The molecule has 0 unspecified atom stereocenters. The van der Waals surface area contributed by atoms with Gasteiger partial charge in [-0.3, -0.25) is 4.79 Å². The van der Waals surface area contributed by atoms with E-state index in [1.54, 1.807) is 6.08 Å². The molecular formula is C18H26N2O. The molecule has 1 saturated heterocycles. The van der Waals surface area contributed by atoms with Crippen molar-refractivity contribution in [2.45, 2.75) is 38.1 Å². The fourth-order valence-electron chi connectivity index (χ4n) is 2.84. The highest BCUT2D eigenvalue weighted by Crippen LogP contribution is 2.11. The summed E-state index contributed by atoms with van der Waals surface area (Å²) >= 11 is 0. The van der Waals surface area contributed by atoms with Crippen LogP contribution in [0.3, 0.4) is 0 Å². The molecule has 0 saturated carbocycles. The van der Waals surface area contributed by atoms with Gasteiger partial charge in [0.15, 0.2) is 0 Å². The maximum atomic E-state index is 11.8. The molecule has 3 heteroatoms. The van der Waals surface area contributed by atoms with E-state index >= 15 is 0 Å². The molecule has 1 atom stereocenters. The van der Waals surface area contributed by atoms with Crippen LogP contribution in [0.2, 0.25) is 0 Å². The lowest BCUT2D eigenvalue weighted by Gasteiger charge is -2.33. The highest BCUT2D eigenvalue weighted by Gasteiger charge is 2.20. The van der Waals surface area contributed by atoms with Crippen LogP contribution in [0.4, 0.5) is 0 Å². The van der Waals surface area contributed by atoms with Gasteiger partial charge in [0, 0.05) is 25.6 Å². The first-order valence-electron chi connectivity index (χ1n) is 7.94. The first-order valence-corrected chi connectivity index (χ1v) is 7.94. The Labute approximate surface area is 128 Å². The number of likely N-dealkylation sites (tertiary alicyclic amines) is 1. The van der Waals surface area contributed by atoms with Crippen molar-refractivity contribution in [1.82, 2.24) is 10.2 Å². The monoisotopic (exact) mass is 286 g/mol. The number of hydrogen-bond donors (Lipinski definition) is 1. The molecular weight excluding hydrogens is 260 g/mol. The van der Waals surface area contributed by atoms with Gasteiger partial charge in [0.25, 0.3) is 0 Å². The summed E-state index contributed by atoms with van der Waals surface area (Å²) in [5.41, 5.74) is 1.38. The van der Waals surface area contributed by atoms with Crippen molar-refractivity contribution in [2.24, 2.45) is 0 Å². The highest BCUT2D eigenvalue weighted by atomic mass is 16.1. The van der Waals surface area contributed by atoms with E-state index in [4.69, 9.17) is 0 Å². The van der Waals surface area contributed by atoms with Gasteiger partial charge in [-0.2, -0.15) is 0 Å². The lowest BCUT2D eigenvalue weighted by atomic mass is 10.0. The zero-order chi connectivity index (χ0) is 14.9. The number of benzene rings is 1. The molecule has 21 heavy (non-hydrogen) atoms. The molecule has 1 N–H and O–H groups in total. The normalized spacial score (nSPS) is 19.1. The van der Waals surface area contributed by atoms with Crippen molar-refractivity contribution in [1.29, 1.82) is 0 Å². The Morgan fingerprint density at radius 3 is 2.95 bits per heavy atom. The predicted octanol–water partition coefficient (Wildman–Crippen LogP) is 2.78. The second-order valence-electron chi connectivity index (χ2n) is 5.77. The maximum Gasteiger partial charge on any atom is 0.220 e. The largest absolute Gasteiger partial charge is 0.352 e. The summed E-state index contributed by atoms with van der Waals surface area (Å²) in [4.78, 5) is 14.2. The smallest absolute Gasteiger partial charge is 0.220 e. The van der Waals surface area contributed by atoms with Crippen molar-refractivity contribution >= 4 is 5.91 Å². The van der Waals surface area contributed by atoms with Crippen LogP contribution in [-0.4, -0.2) is 36.5 Å². The van der Waals surface area contributed by atoms with E-state index in [9.17, 15) is 4.79 Å². The summed E-state index contributed by atoms with van der Waals surface area (Å²) in [6.07, 6.45) is 6.47. The standard InChI is InChI=1S/C18H26N2O/c1-2-3-11-18(21)19-17-10-7-13-20(15-17)14-12-16-8-5-4-6-9-16/h2,4-6,8-9,17H,1,3,7,10-15H2,(H,19,21)/t17-/m0/s1. The van der Waals surface area contributed by atoms with E-state index in [2.05, 4.69) is 47.1 Å². The predicted molar refractivity (Wildman–Crippen MR) is 87.2 cm³/mol. The Kier molecular flexibility index (Phi) is 6.48. The van der Waals surface area contributed by atoms with E-state index < -0.39 is 0 Å². The summed E-state index contributed by atoms with van der Waals surface area (Å²) in [5.74, 6) is 0.157. The second kappa shape index (κ2) is 8.63. The molecule has 2 rings (SSSR count). The van der Waals surface area contributed by atoms with E-state index in [1.807, 2.05) is 0 Å². The Hall–Kier alpha value is -1.61. The van der Waals surface area contributed by atoms with E-state index in [-0.39, 0.29) is 5.91 Å². The van der Waals surface area contributed by atoms with Crippen LogP contribution in [0.1, 0.15) is 31.2 Å². The SMILES string of the molecule is C=CCCC(=O)N[C@H]1CCCN(CCc2ccccc2)C1. The molecule has 1 aromatic carbocycles. The van der Waals surface area contributed by atoms with Gasteiger partial charge in [0.2, 0.25) is 5.91 Å². The third-order valence-electron chi connectivity index (χ3n) is 4.01. The van der Waals surface area contributed by atoms with Crippen LogP contribution < -0.4 is 5.32 Å². The third kappa shape index (κ3) is 5.72. The summed E-state index contributed by atoms with van der Waals surface area (Å²) in [5, 5.41) is 3.15. The number of carbonyl (C=O) groups is 1. The van der Waals surface area contributed by atoms with Crippen LogP contribution in [0.5, 0.6) is 0 Å². The van der Waals surface area contributed by atoms with Crippen molar-refractivity contribution in [3.63, 3.8) is 0 Å². The lowest BCUT2D eigenvalue weighted by Crippen LogP contribution is -2.48. The number of carbonyl (C=O) groups excluding carboxylic acids is 1. The molecule has 1 heterocycles. The Bertz CT molecular complexity index is 444. The van der Waals surface area contributed by atoms with Gasteiger partial charge < -0.3 is 10.2 Å². The molecule has 0 bridgehead atoms. The van der Waals surface area contributed by atoms with Gasteiger partial charge in [-0.1, -0.05) is 36.4 Å².